The molecule has 1 rings (SSSR count). The summed E-state index contributed by atoms with van der Waals surface area (Å²) in [6.07, 6.45) is 0.795. The van der Waals surface area contributed by atoms with Gasteiger partial charge in [-0.2, -0.15) is 5.26 Å². The zero-order valence-electron chi connectivity index (χ0n) is 10.7. The van der Waals surface area contributed by atoms with Crippen LogP contribution in [0.2, 0.25) is 0 Å². The monoisotopic (exact) mass is 232 g/mol. The van der Waals surface area contributed by atoms with E-state index in [9.17, 15) is 5.26 Å². The minimum absolute atomic E-state index is 0.308. The van der Waals surface area contributed by atoms with Crippen molar-refractivity contribution >= 4 is 0 Å². The number of nitrogens with one attached hydrogen (secondary N) is 1. The number of benzene rings is 1. The summed E-state index contributed by atoms with van der Waals surface area (Å²) in [5.74, 6) is 0. The molecule has 0 fully saturated rings. The van der Waals surface area contributed by atoms with E-state index >= 15 is 0 Å². The maximum absolute atomic E-state index is 9.21. The molecule has 0 aliphatic carbocycles. The summed E-state index contributed by atoms with van der Waals surface area (Å²) in [7, 11) is 1.65. The number of hydrogen-bond donors (Lipinski definition) is 1. The molecule has 1 aromatic rings. The molecule has 0 saturated heterocycles. The van der Waals surface area contributed by atoms with Gasteiger partial charge in [0.25, 0.3) is 0 Å². The van der Waals surface area contributed by atoms with Crippen LogP contribution in [0.4, 0.5) is 0 Å². The Morgan fingerprint density at radius 3 is 2.53 bits per heavy atom. The van der Waals surface area contributed by atoms with Gasteiger partial charge >= 0.3 is 0 Å². The summed E-state index contributed by atoms with van der Waals surface area (Å²) in [6.45, 7) is 4.66. The van der Waals surface area contributed by atoms with Crippen molar-refractivity contribution in [2.75, 3.05) is 7.11 Å². The van der Waals surface area contributed by atoms with Crippen LogP contribution in [0.1, 0.15) is 25.8 Å². The topological polar surface area (TPSA) is 45.0 Å². The zero-order valence-corrected chi connectivity index (χ0v) is 10.7. The number of rotatable bonds is 6. The van der Waals surface area contributed by atoms with E-state index in [4.69, 9.17) is 4.74 Å². The van der Waals surface area contributed by atoms with Crippen molar-refractivity contribution in [3.05, 3.63) is 35.9 Å². The first-order chi connectivity index (χ1) is 8.16. The fourth-order valence-electron chi connectivity index (χ4n) is 1.68. The normalized spacial score (nSPS) is 15.9. The third kappa shape index (κ3) is 3.55. The van der Waals surface area contributed by atoms with Gasteiger partial charge in [-0.25, -0.2) is 0 Å². The fraction of sp³-hybridized carbons (Fsp3) is 0.500. The number of methoxy groups -OCH3 is 1. The average molecular weight is 232 g/mol. The highest BCUT2D eigenvalue weighted by atomic mass is 16.5. The quantitative estimate of drug-likeness (QED) is 0.819. The largest absolute Gasteiger partial charge is 0.376 e. The van der Waals surface area contributed by atoms with Crippen molar-refractivity contribution in [2.45, 2.75) is 38.5 Å². The fourth-order valence-corrected chi connectivity index (χ4v) is 1.68. The maximum atomic E-state index is 9.21. The summed E-state index contributed by atoms with van der Waals surface area (Å²) in [5, 5.41) is 12.5. The van der Waals surface area contributed by atoms with E-state index in [0.29, 0.717) is 6.54 Å². The van der Waals surface area contributed by atoms with E-state index < -0.39 is 5.60 Å². The van der Waals surface area contributed by atoms with Crippen LogP contribution < -0.4 is 5.32 Å². The van der Waals surface area contributed by atoms with Gasteiger partial charge in [-0.3, -0.25) is 5.32 Å². The van der Waals surface area contributed by atoms with Crippen molar-refractivity contribution < 1.29 is 4.74 Å². The molecule has 0 aliphatic rings. The predicted octanol–water partition coefficient (Wildman–Crippen LogP) is 2.48. The number of nitriles is 1. The first-order valence-corrected chi connectivity index (χ1v) is 5.88. The summed E-state index contributed by atoms with van der Waals surface area (Å²) >= 11 is 0. The first kappa shape index (κ1) is 13.7. The Morgan fingerprint density at radius 1 is 1.41 bits per heavy atom. The van der Waals surface area contributed by atoms with Crippen molar-refractivity contribution in [3.63, 3.8) is 0 Å². The summed E-state index contributed by atoms with van der Waals surface area (Å²) in [5.41, 5.74) is 0.728. The molecule has 3 nitrogen and oxygen atoms in total. The number of nitrogens with zero attached hydrogens (tertiary/aromatic N) is 1. The predicted molar refractivity (Wildman–Crippen MR) is 68.4 cm³/mol. The van der Waals surface area contributed by atoms with Crippen LogP contribution in [0, 0.1) is 11.3 Å². The molecule has 17 heavy (non-hydrogen) atoms. The summed E-state index contributed by atoms with van der Waals surface area (Å²) in [6, 6.07) is 12.0. The van der Waals surface area contributed by atoms with Crippen molar-refractivity contribution in [2.24, 2.45) is 0 Å². The molecule has 3 heteroatoms. The van der Waals surface area contributed by atoms with Crippen LogP contribution in [-0.4, -0.2) is 18.8 Å². The molecule has 0 spiro atoms. The van der Waals surface area contributed by atoms with Crippen LogP contribution in [0.15, 0.2) is 30.3 Å². The highest BCUT2D eigenvalue weighted by Crippen LogP contribution is 2.19. The first-order valence-electron chi connectivity index (χ1n) is 5.88. The van der Waals surface area contributed by atoms with E-state index in [1.54, 1.807) is 7.11 Å². The standard InChI is InChI=1S/C14H20N2O/c1-4-14(2,17-3)13(10-15)16-11-12-8-6-5-7-9-12/h5-9,13,16H,4,11H2,1-3H3. The van der Waals surface area contributed by atoms with Gasteiger partial charge in [0.05, 0.1) is 11.7 Å². The van der Waals surface area contributed by atoms with Gasteiger partial charge in [-0.05, 0) is 18.9 Å². The highest BCUT2D eigenvalue weighted by molar-refractivity contribution is 5.15. The molecule has 0 amide bonds. The molecule has 1 N–H and O–H groups in total. The molecule has 0 radical (unpaired) electrons. The number of ether oxygens (including phenoxy) is 1. The molecular formula is C14H20N2O. The molecule has 0 saturated carbocycles. The van der Waals surface area contributed by atoms with Gasteiger partial charge in [0, 0.05) is 13.7 Å². The van der Waals surface area contributed by atoms with Crippen LogP contribution in [-0.2, 0) is 11.3 Å². The lowest BCUT2D eigenvalue weighted by molar-refractivity contribution is -0.0147. The highest BCUT2D eigenvalue weighted by Gasteiger charge is 2.32. The van der Waals surface area contributed by atoms with E-state index in [1.807, 2.05) is 44.2 Å². The molecule has 2 unspecified atom stereocenters. The van der Waals surface area contributed by atoms with E-state index in [1.165, 1.54) is 5.56 Å². The maximum Gasteiger partial charge on any atom is 0.125 e. The second-order valence-corrected chi connectivity index (χ2v) is 4.30. The van der Waals surface area contributed by atoms with Gasteiger partial charge < -0.3 is 4.74 Å². The minimum Gasteiger partial charge on any atom is -0.376 e. The summed E-state index contributed by atoms with van der Waals surface area (Å²) < 4.78 is 5.44. The molecule has 0 heterocycles. The van der Waals surface area contributed by atoms with E-state index in [2.05, 4.69) is 11.4 Å². The van der Waals surface area contributed by atoms with E-state index in [0.717, 1.165) is 6.42 Å². The average Bonchev–Trinajstić information content (AvgIpc) is 2.40. The van der Waals surface area contributed by atoms with E-state index in [-0.39, 0.29) is 6.04 Å². The Hall–Kier alpha value is -1.37. The Labute approximate surface area is 103 Å². The molecule has 92 valence electrons. The minimum atomic E-state index is -0.441. The van der Waals surface area contributed by atoms with Crippen molar-refractivity contribution in [1.29, 1.82) is 5.26 Å². The van der Waals surface area contributed by atoms with Gasteiger partial charge in [-0.15, -0.1) is 0 Å². The van der Waals surface area contributed by atoms with Crippen LogP contribution in [0.25, 0.3) is 0 Å². The Bertz CT molecular complexity index is 366. The Morgan fingerprint density at radius 2 is 2.06 bits per heavy atom. The van der Waals surface area contributed by atoms with Gasteiger partial charge in [0.1, 0.15) is 6.04 Å². The molecule has 0 aromatic heterocycles. The van der Waals surface area contributed by atoms with Crippen LogP contribution in [0.3, 0.4) is 0 Å². The smallest absolute Gasteiger partial charge is 0.125 e. The van der Waals surface area contributed by atoms with Crippen LogP contribution >= 0.6 is 0 Å². The lowest BCUT2D eigenvalue weighted by Gasteiger charge is -2.32. The molecular weight excluding hydrogens is 212 g/mol. The zero-order chi connectivity index (χ0) is 12.7. The Balaban J connectivity index is 2.63. The second-order valence-electron chi connectivity index (χ2n) is 4.30. The Kier molecular flexibility index (Phi) is 5.14. The van der Waals surface area contributed by atoms with Gasteiger partial charge in [0.2, 0.25) is 0 Å². The van der Waals surface area contributed by atoms with Crippen molar-refractivity contribution in [3.8, 4) is 6.07 Å². The third-order valence-electron chi connectivity index (χ3n) is 3.26. The number of hydrogen-bond acceptors (Lipinski definition) is 3. The SMILES string of the molecule is CCC(C)(OC)C(C#N)NCc1ccccc1. The van der Waals surface area contributed by atoms with Crippen LogP contribution in [0.5, 0.6) is 0 Å². The molecule has 1 aromatic carbocycles. The molecule has 0 aliphatic heterocycles. The third-order valence-corrected chi connectivity index (χ3v) is 3.26. The summed E-state index contributed by atoms with van der Waals surface area (Å²) in [4.78, 5) is 0. The lowest BCUT2D eigenvalue weighted by Crippen LogP contribution is -2.48. The van der Waals surface area contributed by atoms with Gasteiger partial charge in [-0.1, -0.05) is 37.3 Å². The second kappa shape index (κ2) is 6.39. The molecule has 2 atom stereocenters. The van der Waals surface area contributed by atoms with Crippen molar-refractivity contribution in [1.82, 2.24) is 5.32 Å². The lowest BCUT2D eigenvalue weighted by atomic mass is 9.94. The molecule has 0 bridgehead atoms. The van der Waals surface area contributed by atoms with Gasteiger partial charge in [0.15, 0.2) is 0 Å².